The van der Waals surface area contributed by atoms with Gasteiger partial charge < -0.3 is 5.11 Å². The van der Waals surface area contributed by atoms with Crippen molar-refractivity contribution in [3.63, 3.8) is 0 Å². The van der Waals surface area contributed by atoms with E-state index in [0.29, 0.717) is 11.0 Å². The molecule has 0 saturated heterocycles. The van der Waals surface area contributed by atoms with Gasteiger partial charge in [-0.15, -0.1) is 0 Å². The van der Waals surface area contributed by atoms with Gasteiger partial charge in [0.05, 0.1) is 17.1 Å². The molecule has 2 rings (SSSR count). The van der Waals surface area contributed by atoms with Gasteiger partial charge in [0.25, 0.3) is 0 Å². The van der Waals surface area contributed by atoms with Crippen LogP contribution in [0.2, 0.25) is 0 Å². The highest BCUT2D eigenvalue weighted by molar-refractivity contribution is 6.01. The molecule has 0 amide bonds. The number of nitrogens with zero attached hydrogens (tertiary/aromatic N) is 3. The molecule has 66 valence electrons. The first kappa shape index (κ1) is 7.72. The van der Waals surface area contributed by atoms with Crippen molar-refractivity contribution in [2.45, 2.75) is 0 Å². The number of rotatable bonds is 1. The number of fused-ring (bicyclic) bond motifs is 1. The lowest BCUT2D eigenvalue weighted by atomic mass is 10.2. The molecule has 5 nitrogen and oxygen atoms in total. The van der Waals surface area contributed by atoms with Gasteiger partial charge in [0.15, 0.2) is 5.65 Å². The second-order valence-electron chi connectivity index (χ2n) is 2.67. The van der Waals surface area contributed by atoms with E-state index in [1.165, 1.54) is 18.5 Å². The molecule has 2 aromatic rings. The van der Waals surface area contributed by atoms with Crippen LogP contribution < -0.4 is 0 Å². The highest BCUT2D eigenvalue weighted by Gasteiger charge is 2.10. The zero-order valence-electron chi connectivity index (χ0n) is 6.93. The minimum Gasteiger partial charge on any atom is -0.478 e. The first-order valence-corrected chi connectivity index (χ1v) is 3.70. The SMILES string of the molecule is Cn1ncc2c(C(=O)O)ccnc21. The van der Waals surface area contributed by atoms with E-state index in [1.807, 2.05) is 0 Å². The van der Waals surface area contributed by atoms with Crippen molar-refractivity contribution >= 4 is 17.0 Å². The van der Waals surface area contributed by atoms with Crippen LogP contribution in [-0.2, 0) is 7.05 Å². The fourth-order valence-corrected chi connectivity index (χ4v) is 1.23. The maximum absolute atomic E-state index is 10.8. The number of carboxylic acids is 1. The van der Waals surface area contributed by atoms with Crippen LogP contribution >= 0.6 is 0 Å². The summed E-state index contributed by atoms with van der Waals surface area (Å²) in [6, 6.07) is 1.46. The molecule has 2 aromatic heterocycles. The number of hydrogen-bond donors (Lipinski definition) is 1. The molecule has 0 unspecified atom stereocenters. The zero-order valence-corrected chi connectivity index (χ0v) is 6.93. The van der Waals surface area contributed by atoms with E-state index >= 15 is 0 Å². The minimum absolute atomic E-state index is 0.234. The fraction of sp³-hybridized carbons (Fsp3) is 0.125. The van der Waals surface area contributed by atoms with Crippen molar-refractivity contribution in [2.24, 2.45) is 7.05 Å². The van der Waals surface area contributed by atoms with Gasteiger partial charge in [-0.25, -0.2) is 9.78 Å². The lowest BCUT2D eigenvalue weighted by Crippen LogP contribution is -1.98. The third-order valence-electron chi connectivity index (χ3n) is 1.87. The summed E-state index contributed by atoms with van der Waals surface area (Å²) in [7, 11) is 1.72. The maximum atomic E-state index is 10.8. The molecule has 0 aliphatic carbocycles. The Bertz CT molecular complexity index is 475. The van der Waals surface area contributed by atoms with E-state index in [0.717, 1.165) is 0 Å². The Morgan fingerprint density at radius 2 is 2.38 bits per heavy atom. The van der Waals surface area contributed by atoms with E-state index < -0.39 is 5.97 Å². The van der Waals surface area contributed by atoms with Crippen molar-refractivity contribution < 1.29 is 9.90 Å². The van der Waals surface area contributed by atoms with Gasteiger partial charge in [-0.3, -0.25) is 4.68 Å². The van der Waals surface area contributed by atoms with E-state index in [1.54, 1.807) is 11.7 Å². The van der Waals surface area contributed by atoms with Crippen molar-refractivity contribution in [2.75, 3.05) is 0 Å². The summed E-state index contributed by atoms with van der Waals surface area (Å²) in [4.78, 5) is 14.8. The van der Waals surface area contributed by atoms with Gasteiger partial charge in [-0.05, 0) is 6.07 Å². The van der Waals surface area contributed by atoms with Gasteiger partial charge in [0, 0.05) is 13.2 Å². The Labute approximate surface area is 73.6 Å². The number of carbonyl (C=O) groups is 1. The van der Waals surface area contributed by atoms with Crippen LogP contribution in [0.3, 0.4) is 0 Å². The molecule has 0 spiro atoms. The molecule has 0 fully saturated rings. The summed E-state index contributed by atoms with van der Waals surface area (Å²) in [5, 5.41) is 13.3. The number of aryl methyl sites for hydroxylation is 1. The zero-order chi connectivity index (χ0) is 9.42. The van der Waals surface area contributed by atoms with E-state index in [9.17, 15) is 4.79 Å². The lowest BCUT2D eigenvalue weighted by molar-refractivity contribution is 0.0699. The Morgan fingerprint density at radius 3 is 3.08 bits per heavy atom. The quantitative estimate of drug-likeness (QED) is 0.695. The molecule has 0 bridgehead atoms. The summed E-state index contributed by atoms with van der Waals surface area (Å²) >= 11 is 0. The maximum Gasteiger partial charge on any atom is 0.336 e. The Kier molecular flexibility index (Phi) is 1.51. The average molecular weight is 177 g/mol. The third kappa shape index (κ3) is 1.05. The standard InChI is InChI=1S/C8H7N3O2/c1-11-7-6(4-10-11)5(8(12)13)2-3-9-7/h2-4H,1H3,(H,12,13). The highest BCUT2D eigenvalue weighted by atomic mass is 16.4. The molecular formula is C8H7N3O2. The molecule has 0 saturated carbocycles. The third-order valence-corrected chi connectivity index (χ3v) is 1.87. The summed E-state index contributed by atoms with van der Waals surface area (Å²) in [6.45, 7) is 0. The van der Waals surface area contributed by atoms with Crippen LogP contribution in [-0.4, -0.2) is 25.8 Å². The van der Waals surface area contributed by atoms with Crippen molar-refractivity contribution in [3.05, 3.63) is 24.0 Å². The fourth-order valence-electron chi connectivity index (χ4n) is 1.23. The number of aromatic carboxylic acids is 1. The van der Waals surface area contributed by atoms with Crippen molar-refractivity contribution in [3.8, 4) is 0 Å². The van der Waals surface area contributed by atoms with Crippen LogP contribution in [0.5, 0.6) is 0 Å². The van der Waals surface area contributed by atoms with E-state index in [2.05, 4.69) is 10.1 Å². The first-order valence-electron chi connectivity index (χ1n) is 3.70. The van der Waals surface area contributed by atoms with Crippen LogP contribution in [0.4, 0.5) is 0 Å². The number of aromatic nitrogens is 3. The molecule has 1 N–H and O–H groups in total. The summed E-state index contributed by atoms with van der Waals surface area (Å²) in [6.07, 6.45) is 2.97. The normalized spacial score (nSPS) is 10.5. The van der Waals surface area contributed by atoms with Gasteiger partial charge in [0.1, 0.15) is 0 Å². The highest BCUT2D eigenvalue weighted by Crippen LogP contribution is 2.14. The predicted octanol–water partition coefficient (Wildman–Crippen LogP) is 0.666. The van der Waals surface area contributed by atoms with Crippen molar-refractivity contribution in [1.82, 2.24) is 14.8 Å². The smallest absolute Gasteiger partial charge is 0.336 e. The lowest BCUT2D eigenvalue weighted by Gasteiger charge is -1.95. The minimum atomic E-state index is -0.958. The summed E-state index contributed by atoms with van der Waals surface area (Å²) in [5.74, 6) is -0.958. The predicted molar refractivity (Wildman–Crippen MR) is 45.5 cm³/mol. The topological polar surface area (TPSA) is 68.0 Å². The molecular weight excluding hydrogens is 170 g/mol. The van der Waals surface area contributed by atoms with Crippen LogP contribution in [0.15, 0.2) is 18.5 Å². The second-order valence-corrected chi connectivity index (χ2v) is 2.67. The number of hydrogen-bond acceptors (Lipinski definition) is 3. The van der Waals surface area contributed by atoms with Gasteiger partial charge in [-0.2, -0.15) is 5.10 Å². The molecule has 2 heterocycles. The average Bonchev–Trinajstić information content (AvgIpc) is 2.48. The molecule has 0 atom stereocenters. The summed E-state index contributed by atoms with van der Waals surface area (Å²) < 4.78 is 1.54. The first-order chi connectivity index (χ1) is 6.20. The van der Waals surface area contributed by atoms with Crippen LogP contribution in [0, 0.1) is 0 Å². The monoisotopic (exact) mass is 177 g/mol. The Morgan fingerprint density at radius 1 is 1.62 bits per heavy atom. The summed E-state index contributed by atoms with van der Waals surface area (Å²) in [5.41, 5.74) is 0.818. The Hall–Kier alpha value is -1.91. The van der Waals surface area contributed by atoms with Crippen LogP contribution in [0.25, 0.3) is 11.0 Å². The molecule has 0 aliphatic heterocycles. The van der Waals surface area contributed by atoms with E-state index in [4.69, 9.17) is 5.11 Å². The second kappa shape index (κ2) is 2.55. The van der Waals surface area contributed by atoms with Crippen molar-refractivity contribution in [1.29, 1.82) is 0 Å². The van der Waals surface area contributed by atoms with E-state index in [-0.39, 0.29) is 5.56 Å². The number of pyridine rings is 1. The van der Waals surface area contributed by atoms with Crippen LogP contribution in [0.1, 0.15) is 10.4 Å². The largest absolute Gasteiger partial charge is 0.478 e. The van der Waals surface area contributed by atoms with Gasteiger partial charge in [-0.1, -0.05) is 0 Å². The van der Waals surface area contributed by atoms with Gasteiger partial charge in [0.2, 0.25) is 0 Å². The van der Waals surface area contributed by atoms with Gasteiger partial charge >= 0.3 is 5.97 Å². The number of carboxylic acid groups (broad SMARTS) is 1. The molecule has 0 aliphatic rings. The molecule has 0 radical (unpaired) electrons. The Balaban J connectivity index is 2.84. The molecule has 13 heavy (non-hydrogen) atoms. The molecule has 0 aromatic carbocycles. The molecule has 5 heteroatoms.